The van der Waals surface area contributed by atoms with E-state index in [9.17, 15) is 40.9 Å². The molecule has 11 nitrogen and oxygen atoms in total. The first-order chi connectivity index (χ1) is 11.4. The standard InChI is InChI=1S/C12H20Br2O11/c13-11(23)8(21)5(18)6(19)9(22)12(11,14)25-10-7(20)4(17)3(16)2(1-15)24-10/h2-10,15-23H,1H2/t2?,3?,4?,5-,6-,7?,8+,9+,10?,11+,12-/m1/s1. The predicted octanol–water partition coefficient (Wildman–Crippen LogP) is -4.57. The van der Waals surface area contributed by atoms with Gasteiger partial charge in [-0.2, -0.15) is 0 Å². The van der Waals surface area contributed by atoms with E-state index >= 15 is 0 Å². The summed E-state index contributed by atoms with van der Waals surface area (Å²) in [7, 11) is 0. The van der Waals surface area contributed by atoms with Crippen LogP contribution in [0.3, 0.4) is 0 Å². The molecule has 0 aromatic heterocycles. The van der Waals surface area contributed by atoms with E-state index in [1.807, 2.05) is 0 Å². The van der Waals surface area contributed by atoms with Crippen molar-refractivity contribution in [2.45, 2.75) is 64.1 Å². The van der Waals surface area contributed by atoms with Crippen LogP contribution in [0, 0.1) is 0 Å². The Morgan fingerprint density at radius 2 is 1.32 bits per heavy atom. The number of alkyl halides is 2. The molecule has 13 heteroatoms. The summed E-state index contributed by atoms with van der Waals surface area (Å²) in [6.07, 6.45) is -16.4. The van der Waals surface area contributed by atoms with Crippen molar-refractivity contribution in [2.75, 3.05) is 6.61 Å². The third-order valence-electron chi connectivity index (χ3n) is 4.38. The van der Waals surface area contributed by atoms with E-state index in [0.717, 1.165) is 0 Å². The predicted molar refractivity (Wildman–Crippen MR) is 84.4 cm³/mol. The van der Waals surface area contributed by atoms with Crippen LogP contribution in [0.4, 0.5) is 0 Å². The SMILES string of the molecule is OCC1OC(O[C@]2(Br)[C@@H](O)[C@H](O)[C@@H](O)[C@H](O)[C@@]2(O)Br)C(O)C(O)C1O. The van der Waals surface area contributed by atoms with Gasteiger partial charge in [0.05, 0.1) is 6.61 Å². The highest BCUT2D eigenvalue weighted by molar-refractivity contribution is 9.12. The molecule has 1 heterocycles. The Balaban J connectivity index is 2.32. The first kappa shape index (κ1) is 21.8. The molecule has 2 fully saturated rings. The molecular formula is C12H20Br2O11. The molecule has 0 amide bonds. The second-order valence-corrected chi connectivity index (χ2v) is 8.39. The van der Waals surface area contributed by atoms with Gasteiger partial charge in [0, 0.05) is 0 Å². The number of halogens is 2. The molecule has 11 atom stereocenters. The summed E-state index contributed by atoms with van der Waals surface area (Å²) in [6.45, 7) is -0.745. The Hall–Kier alpha value is 0.520. The monoisotopic (exact) mass is 498 g/mol. The average Bonchev–Trinajstić information content (AvgIpc) is 2.58. The molecule has 1 saturated heterocycles. The maximum Gasteiger partial charge on any atom is 0.195 e. The second kappa shape index (κ2) is 7.50. The lowest BCUT2D eigenvalue weighted by Gasteiger charge is -2.53. The van der Waals surface area contributed by atoms with Crippen LogP contribution in [0.5, 0.6) is 0 Å². The lowest BCUT2D eigenvalue weighted by Crippen LogP contribution is -2.75. The smallest absolute Gasteiger partial charge is 0.195 e. The van der Waals surface area contributed by atoms with Gasteiger partial charge in [-0.05, 0) is 31.9 Å². The minimum Gasteiger partial charge on any atom is -0.394 e. The van der Waals surface area contributed by atoms with Crippen LogP contribution in [0.15, 0.2) is 0 Å². The fourth-order valence-electron chi connectivity index (χ4n) is 2.71. The molecular weight excluding hydrogens is 480 g/mol. The Labute approximate surface area is 158 Å². The molecule has 0 radical (unpaired) electrons. The molecule has 0 spiro atoms. The number of hydrogen-bond acceptors (Lipinski definition) is 11. The highest BCUT2D eigenvalue weighted by atomic mass is 79.9. The van der Waals surface area contributed by atoms with Crippen molar-refractivity contribution in [2.24, 2.45) is 0 Å². The summed E-state index contributed by atoms with van der Waals surface area (Å²) >= 11 is 5.53. The van der Waals surface area contributed by atoms with Gasteiger partial charge in [0.15, 0.2) is 15.3 Å². The minimum absolute atomic E-state index is 0.745. The molecule has 1 aliphatic carbocycles. The highest BCUT2D eigenvalue weighted by Gasteiger charge is 2.68. The van der Waals surface area contributed by atoms with Crippen LogP contribution < -0.4 is 0 Å². The van der Waals surface area contributed by atoms with Crippen molar-refractivity contribution >= 4 is 31.9 Å². The van der Waals surface area contributed by atoms with Crippen LogP contribution in [0.2, 0.25) is 0 Å². The maximum atomic E-state index is 10.4. The van der Waals surface area contributed by atoms with E-state index in [1.54, 1.807) is 0 Å². The van der Waals surface area contributed by atoms with Crippen LogP contribution >= 0.6 is 31.9 Å². The van der Waals surface area contributed by atoms with Crippen molar-refractivity contribution in [3.05, 3.63) is 0 Å². The first-order valence-corrected chi connectivity index (χ1v) is 8.79. The fraction of sp³-hybridized carbons (Fsp3) is 1.00. The molecule has 9 N–H and O–H groups in total. The molecule has 1 aliphatic heterocycles. The average molecular weight is 500 g/mol. The first-order valence-electron chi connectivity index (χ1n) is 7.21. The zero-order valence-corrected chi connectivity index (χ0v) is 15.7. The topological polar surface area (TPSA) is 201 Å². The van der Waals surface area contributed by atoms with Crippen molar-refractivity contribution < 1.29 is 55.4 Å². The summed E-state index contributed by atoms with van der Waals surface area (Å²) in [4.78, 5) is 0. The molecule has 0 aromatic rings. The van der Waals surface area contributed by atoms with Gasteiger partial charge in [0.25, 0.3) is 0 Å². The summed E-state index contributed by atoms with van der Waals surface area (Å²) in [5.41, 5.74) is 0. The fourth-order valence-corrected chi connectivity index (χ4v) is 4.00. The van der Waals surface area contributed by atoms with Crippen LogP contribution in [0.25, 0.3) is 0 Å². The zero-order valence-electron chi connectivity index (χ0n) is 12.5. The Kier molecular flexibility index (Phi) is 6.55. The highest BCUT2D eigenvalue weighted by Crippen LogP contribution is 2.50. The van der Waals surface area contributed by atoms with E-state index in [4.69, 9.17) is 14.6 Å². The zero-order chi connectivity index (χ0) is 19.3. The van der Waals surface area contributed by atoms with Crippen LogP contribution in [-0.2, 0) is 9.47 Å². The second-order valence-electron chi connectivity index (χ2n) is 6.00. The van der Waals surface area contributed by atoms with Gasteiger partial charge in [0.2, 0.25) is 0 Å². The van der Waals surface area contributed by atoms with Gasteiger partial charge in [-0.25, -0.2) is 0 Å². The van der Waals surface area contributed by atoms with Gasteiger partial charge in [-0.1, -0.05) is 0 Å². The number of rotatable bonds is 3. The summed E-state index contributed by atoms with van der Waals surface area (Å²) in [6, 6.07) is 0. The quantitative estimate of drug-likeness (QED) is 0.169. The number of aliphatic hydroxyl groups is 9. The van der Waals surface area contributed by atoms with Crippen molar-refractivity contribution in [3.8, 4) is 0 Å². The molecule has 1 saturated carbocycles. The lowest BCUT2D eigenvalue weighted by molar-refractivity contribution is -0.350. The molecule has 5 unspecified atom stereocenters. The third kappa shape index (κ3) is 3.40. The van der Waals surface area contributed by atoms with E-state index in [-0.39, 0.29) is 0 Å². The normalized spacial score (nSPS) is 57.5. The Morgan fingerprint density at radius 3 is 1.84 bits per heavy atom. The maximum absolute atomic E-state index is 10.4. The summed E-state index contributed by atoms with van der Waals surface area (Å²) < 4.78 is 5.39. The summed E-state index contributed by atoms with van der Waals surface area (Å²) in [5, 5.41) is 88.8. The van der Waals surface area contributed by atoms with E-state index < -0.39 is 70.7 Å². The Bertz CT molecular complexity index is 480. The van der Waals surface area contributed by atoms with Gasteiger partial charge >= 0.3 is 0 Å². The molecule has 2 rings (SSSR count). The van der Waals surface area contributed by atoms with Gasteiger partial charge in [-0.3, -0.25) is 0 Å². The third-order valence-corrected chi connectivity index (χ3v) is 7.23. The largest absolute Gasteiger partial charge is 0.394 e. The van der Waals surface area contributed by atoms with Crippen LogP contribution in [0.1, 0.15) is 0 Å². The lowest BCUT2D eigenvalue weighted by atomic mass is 9.84. The van der Waals surface area contributed by atoms with Gasteiger partial charge in [0.1, 0.15) is 48.8 Å². The molecule has 0 aromatic carbocycles. The van der Waals surface area contributed by atoms with Crippen molar-refractivity contribution in [1.29, 1.82) is 0 Å². The van der Waals surface area contributed by atoms with Gasteiger partial charge in [-0.15, -0.1) is 0 Å². The number of ether oxygens (including phenoxy) is 2. The van der Waals surface area contributed by atoms with Gasteiger partial charge < -0.3 is 55.4 Å². The molecule has 2 aliphatic rings. The van der Waals surface area contributed by atoms with E-state index in [0.29, 0.717) is 0 Å². The molecule has 25 heavy (non-hydrogen) atoms. The molecule has 148 valence electrons. The minimum atomic E-state index is -2.57. The Morgan fingerprint density at radius 1 is 0.800 bits per heavy atom. The molecule has 0 bridgehead atoms. The number of hydrogen-bond donors (Lipinski definition) is 9. The van der Waals surface area contributed by atoms with Crippen LogP contribution in [-0.4, -0.2) is 117 Å². The van der Waals surface area contributed by atoms with Crippen molar-refractivity contribution in [1.82, 2.24) is 0 Å². The number of aliphatic hydroxyl groups excluding tert-OH is 8. The summed E-state index contributed by atoms with van der Waals surface area (Å²) in [5.74, 6) is 0. The van der Waals surface area contributed by atoms with E-state index in [1.165, 1.54) is 0 Å². The van der Waals surface area contributed by atoms with E-state index in [2.05, 4.69) is 31.9 Å². The van der Waals surface area contributed by atoms with Crippen molar-refractivity contribution in [3.63, 3.8) is 0 Å².